The van der Waals surface area contributed by atoms with Gasteiger partial charge >= 0.3 is 0 Å². The number of rotatable bonds is 8. The Morgan fingerprint density at radius 3 is 2.47 bits per heavy atom. The van der Waals surface area contributed by atoms with Crippen molar-refractivity contribution < 1.29 is 0 Å². The van der Waals surface area contributed by atoms with Crippen molar-refractivity contribution in [3.05, 3.63) is 16.4 Å². The largest absolute Gasteiger partial charge is 0.306 e. The lowest BCUT2D eigenvalue weighted by molar-refractivity contribution is 0.326. The van der Waals surface area contributed by atoms with Crippen LogP contribution in [0.25, 0.3) is 0 Å². The Balaban J connectivity index is 2.84. The third kappa shape index (κ3) is 4.11. The van der Waals surface area contributed by atoms with Crippen LogP contribution in [-0.4, -0.2) is 21.2 Å². The summed E-state index contributed by atoms with van der Waals surface area (Å²) in [5.74, 6) is 0.665. The Morgan fingerprint density at radius 1 is 1.32 bits per heavy atom. The summed E-state index contributed by atoms with van der Waals surface area (Å²) < 4.78 is 1.99. The molecule has 19 heavy (non-hydrogen) atoms. The summed E-state index contributed by atoms with van der Waals surface area (Å²) in [7, 11) is 0. The number of hydrogen-bond donors (Lipinski definition) is 1. The van der Waals surface area contributed by atoms with Gasteiger partial charge in [0.05, 0.1) is 16.4 Å². The van der Waals surface area contributed by atoms with Crippen LogP contribution in [0.5, 0.6) is 0 Å². The standard InChI is InChI=1S/C14H25Cl2N3/c1-5-11-13(16)12(19(7-3)18-11)10-17-14(4,6-2)8-9-15/h17H,5-10H2,1-4H3. The highest BCUT2D eigenvalue weighted by Crippen LogP contribution is 2.23. The zero-order valence-electron chi connectivity index (χ0n) is 12.4. The Kier molecular flexibility index (Phi) is 6.64. The van der Waals surface area contributed by atoms with Crippen LogP contribution < -0.4 is 5.32 Å². The van der Waals surface area contributed by atoms with Crippen LogP contribution in [0.4, 0.5) is 0 Å². The molecule has 3 nitrogen and oxygen atoms in total. The maximum atomic E-state index is 6.41. The van der Waals surface area contributed by atoms with Gasteiger partial charge in [-0.05, 0) is 33.1 Å². The Morgan fingerprint density at radius 2 is 2.00 bits per heavy atom. The van der Waals surface area contributed by atoms with E-state index in [4.69, 9.17) is 23.2 Å². The molecule has 110 valence electrons. The summed E-state index contributed by atoms with van der Waals surface area (Å²) in [5, 5.41) is 8.93. The van der Waals surface area contributed by atoms with E-state index in [0.29, 0.717) is 5.88 Å². The van der Waals surface area contributed by atoms with E-state index >= 15 is 0 Å². The summed E-state index contributed by atoms with van der Waals surface area (Å²) in [6.45, 7) is 10.1. The van der Waals surface area contributed by atoms with Gasteiger partial charge in [0.25, 0.3) is 0 Å². The molecule has 1 heterocycles. The predicted octanol–water partition coefficient (Wildman–Crippen LogP) is 4.01. The highest BCUT2D eigenvalue weighted by molar-refractivity contribution is 6.31. The van der Waals surface area contributed by atoms with Gasteiger partial charge in [-0.1, -0.05) is 25.4 Å². The molecule has 0 radical (unpaired) electrons. The normalized spacial score (nSPS) is 14.6. The van der Waals surface area contributed by atoms with Gasteiger partial charge in [0, 0.05) is 24.5 Å². The third-order valence-electron chi connectivity index (χ3n) is 3.80. The monoisotopic (exact) mass is 305 g/mol. The van der Waals surface area contributed by atoms with Crippen molar-refractivity contribution in [2.24, 2.45) is 0 Å². The van der Waals surface area contributed by atoms with Crippen molar-refractivity contribution in [2.45, 2.75) is 65.6 Å². The Bertz CT molecular complexity index is 404. The quantitative estimate of drug-likeness (QED) is 0.736. The van der Waals surface area contributed by atoms with Gasteiger partial charge in [-0.25, -0.2) is 0 Å². The van der Waals surface area contributed by atoms with E-state index in [0.717, 1.165) is 48.8 Å². The van der Waals surface area contributed by atoms with Crippen molar-refractivity contribution in [3.8, 4) is 0 Å². The molecule has 1 unspecified atom stereocenters. The maximum absolute atomic E-state index is 6.41. The Labute approximate surface area is 126 Å². The van der Waals surface area contributed by atoms with Crippen LogP contribution in [0, 0.1) is 0 Å². The molecule has 0 aromatic carbocycles. The van der Waals surface area contributed by atoms with E-state index in [2.05, 4.69) is 38.1 Å². The fourth-order valence-electron chi connectivity index (χ4n) is 2.08. The molecule has 0 bridgehead atoms. The van der Waals surface area contributed by atoms with Crippen LogP contribution in [0.3, 0.4) is 0 Å². The number of alkyl halides is 1. The van der Waals surface area contributed by atoms with Crippen LogP contribution >= 0.6 is 23.2 Å². The van der Waals surface area contributed by atoms with Crippen molar-refractivity contribution in [1.29, 1.82) is 0 Å². The second-order valence-electron chi connectivity index (χ2n) is 5.08. The van der Waals surface area contributed by atoms with Gasteiger partial charge in [0.2, 0.25) is 0 Å². The van der Waals surface area contributed by atoms with Crippen LogP contribution in [-0.2, 0) is 19.5 Å². The van der Waals surface area contributed by atoms with Gasteiger partial charge in [0.15, 0.2) is 0 Å². The molecule has 1 N–H and O–H groups in total. The van der Waals surface area contributed by atoms with Gasteiger partial charge in [0.1, 0.15) is 0 Å². The smallest absolute Gasteiger partial charge is 0.0863 e. The molecule has 0 saturated heterocycles. The number of nitrogens with zero attached hydrogens (tertiary/aromatic N) is 2. The Hall–Kier alpha value is -0.250. The van der Waals surface area contributed by atoms with E-state index < -0.39 is 0 Å². The van der Waals surface area contributed by atoms with Crippen LogP contribution in [0.2, 0.25) is 5.02 Å². The molecule has 0 saturated carbocycles. The SMILES string of the molecule is CCc1nn(CC)c(CNC(C)(CC)CCCl)c1Cl. The second kappa shape index (κ2) is 7.51. The van der Waals surface area contributed by atoms with Crippen LogP contribution in [0.1, 0.15) is 51.9 Å². The molecule has 0 fully saturated rings. The summed E-state index contributed by atoms with van der Waals surface area (Å²) in [6.07, 6.45) is 2.85. The molecule has 0 aliphatic rings. The van der Waals surface area contributed by atoms with Gasteiger partial charge in [-0.3, -0.25) is 4.68 Å². The number of hydrogen-bond acceptors (Lipinski definition) is 2. The van der Waals surface area contributed by atoms with Crippen molar-refractivity contribution in [2.75, 3.05) is 5.88 Å². The first kappa shape index (κ1) is 16.8. The number of nitrogens with one attached hydrogen (secondary N) is 1. The molecular formula is C14H25Cl2N3. The highest BCUT2D eigenvalue weighted by Gasteiger charge is 2.22. The van der Waals surface area contributed by atoms with E-state index in [1.807, 2.05) is 4.68 Å². The first-order valence-corrected chi connectivity index (χ1v) is 7.97. The zero-order chi connectivity index (χ0) is 14.5. The third-order valence-corrected chi connectivity index (χ3v) is 4.43. The van der Waals surface area contributed by atoms with Crippen LogP contribution in [0.15, 0.2) is 0 Å². The van der Waals surface area contributed by atoms with Gasteiger partial charge in [-0.2, -0.15) is 5.10 Å². The summed E-state index contributed by atoms with van der Waals surface area (Å²) in [5.41, 5.74) is 2.12. The summed E-state index contributed by atoms with van der Waals surface area (Å²) >= 11 is 12.3. The van der Waals surface area contributed by atoms with E-state index in [1.54, 1.807) is 0 Å². The molecule has 1 aromatic heterocycles. The lowest BCUT2D eigenvalue weighted by Gasteiger charge is -2.29. The van der Waals surface area contributed by atoms with Crippen molar-refractivity contribution in [3.63, 3.8) is 0 Å². The number of aromatic nitrogens is 2. The lowest BCUT2D eigenvalue weighted by Crippen LogP contribution is -2.42. The fraction of sp³-hybridized carbons (Fsp3) is 0.786. The average Bonchev–Trinajstić information content (AvgIpc) is 2.72. The molecular weight excluding hydrogens is 281 g/mol. The first-order chi connectivity index (χ1) is 9.01. The minimum atomic E-state index is 0.0559. The molecule has 1 aromatic rings. The summed E-state index contributed by atoms with van der Waals surface area (Å²) in [6, 6.07) is 0. The minimum Gasteiger partial charge on any atom is -0.306 e. The average molecular weight is 306 g/mol. The minimum absolute atomic E-state index is 0.0559. The van der Waals surface area contributed by atoms with Gasteiger partial charge < -0.3 is 5.32 Å². The predicted molar refractivity (Wildman–Crippen MR) is 83.2 cm³/mol. The molecule has 0 amide bonds. The molecule has 0 aliphatic carbocycles. The zero-order valence-corrected chi connectivity index (χ0v) is 13.9. The van der Waals surface area contributed by atoms with E-state index in [1.165, 1.54) is 0 Å². The summed E-state index contributed by atoms with van der Waals surface area (Å²) in [4.78, 5) is 0. The first-order valence-electron chi connectivity index (χ1n) is 7.06. The van der Waals surface area contributed by atoms with E-state index in [9.17, 15) is 0 Å². The molecule has 1 atom stereocenters. The highest BCUT2D eigenvalue weighted by atomic mass is 35.5. The molecule has 5 heteroatoms. The van der Waals surface area contributed by atoms with E-state index in [-0.39, 0.29) is 5.54 Å². The maximum Gasteiger partial charge on any atom is 0.0863 e. The topological polar surface area (TPSA) is 29.9 Å². The lowest BCUT2D eigenvalue weighted by atomic mass is 9.95. The second-order valence-corrected chi connectivity index (χ2v) is 5.84. The molecule has 0 aliphatic heterocycles. The van der Waals surface area contributed by atoms with Gasteiger partial charge in [-0.15, -0.1) is 11.6 Å². The number of halogens is 2. The molecule has 0 spiro atoms. The van der Waals surface area contributed by atoms with Crippen molar-refractivity contribution in [1.82, 2.24) is 15.1 Å². The van der Waals surface area contributed by atoms with Crippen molar-refractivity contribution >= 4 is 23.2 Å². The fourth-order valence-corrected chi connectivity index (χ4v) is 2.83. The molecule has 1 rings (SSSR count). The number of aryl methyl sites for hydroxylation is 2.